The Bertz CT molecular complexity index is 508. The lowest BCUT2D eigenvalue weighted by atomic mass is 9.99. The second kappa shape index (κ2) is 3.70. The summed E-state index contributed by atoms with van der Waals surface area (Å²) in [6.45, 7) is 4.18. The normalized spacial score (nSPS) is 11.2. The molecule has 3 heteroatoms. The Morgan fingerprint density at radius 1 is 1.33 bits per heavy atom. The number of pyridine rings is 1. The molecule has 0 aliphatic heterocycles. The summed E-state index contributed by atoms with van der Waals surface area (Å²) >= 11 is 6.11. The van der Waals surface area contributed by atoms with E-state index in [4.69, 9.17) is 11.6 Å². The Balaban J connectivity index is 2.82. The molecule has 1 N–H and O–H groups in total. The summed E-state index contributed by atoms with van der Waals surface area (Å²) in [5, 5.41) is 11.0. The van der Waals surface area contributed by atoms with Crippen LogP contribution in [0.1, 0.15) is 25.3 Å². The second-order valence-corrected chi connectivity index (χ2v) is 4.28. The number of nitrogens with zero attached hydrogens (tertiary/aromatic N) is 1. The predicted octanol–water partition coefficient (Wildman–Crippen LogP) is 3.72. The molecule has 1 aromatic carbocycles. The standard InChI is InChI=1S/C12H12ClNO/c1-7(2)12-9-4-3-8(15)5-11(9)14-6-10(12)13/h3-7,15H,1-2H3. The molecule has 0 fully saturated rings. The van der Waals surface area contributed by atoms with E-state index in [2.05, 4.69) is 18.8 Å². The summed E-state index contributed by atoms with van der Waals surface area (Å²) in [5.41, 5.74) is 1.87. The smallest absolute Gasteiger partial charge is 0.117 e. The van der Waals surface area contributed by atoms with Crippen LogP contribution in [0.25, 0.3) is 10.9 Å². The summed E-state index contributed by atoms with van der Waals surface area (Å²) in [5.74, 6) is 0.569. The molecule has 78 valence electrons. The Morgan fingerprint density at radius 2 is 2.07 bits per heavy atom. The van der Waals surface area contributed by atoms with Gasteiger partial charge in [0, 0.05) is 17.6 Å². The van der Waals surface area contributed by atoms with Crippen molar-refractivity contribution in [1.29, 1.82) is 0 Å². The Hall–Kier alpha value is -1.28. The van der Waals surface area contributed by atoms with Crippen LogP contribution in [0, 0.1) is 0 Å². The minimum absolute atomic E-state index is 0.229. The number of hydrogen-bond donors (Lipinski definition) is 1. The lowest BCUT2D eigenvalue weighted by Crippen LogP contribution is -1.93. The van der Waals surface area contributed by atoms with E-state index in [0.29, 0.717) is 10.9 Å². The van der Waals surface area contributed by atoms with Gasteiger partial charge in [0.15, 0.2) is 0 Å². The minimum Gasteiger partial charge on any atom is -0.508 e. The van der Waals surface area contributed by atoms with Gasteiger partial charge in [-0.3, -0.25) is 4.98 Å². The summed E-state index contributed by atoms with van der Waals surface area (Å²) in [6, 6.07) is 5.17. The summed E-state index contributed by atoms with van der Waals surface area (Å²) in [4.78, 5) is 4.19. The maximum atomic E-state index is 9.36. The molecule has 0 aliphatic rings. The summed E-state index contributed by atoms with van der Waals surface area (Å²) in [7, 11) is 0. The zero-order valence-electron chi connectivity index (χ0n) is 8.66. The van der Waals surface area contributed by atoms with E-state index in [0.717, 1.165) is 16.5 Å². The molecular formula is C12H12ClNO. The van der Waals surface area contributed by atoms with Gasteiger partial charge in [0.25, 0.3) is 0 Å². The van der Waals surface area contributed by atoms with Crippen LogP contribution in [0.15, 0.2) is 24.4 Å². The van der Waals surface area contributed by atoms with E-state index in [1.54, 1.807) is 18.3 Å². The first-order chi connectivity index (χ1) is 7.09. The van der Waals surface area contributed by atoms with Gasteiger partial charge < -0.3 is 5.11 Å². The highest BCUT2D eigenvalue weighted by atomic mass is 35.5. The average Bonchev–Trinajstić information content (AvgIpc) is 2.17. The molecule has 0 spiro atoms. The Kier molecular flexibility index (Phi) is 2.53. The third-order valence-electron chi connectivity index (χ3n) is 2.42. The van der Waals surface area contributed by atoms with Crippen LogP contribution in [-0.4, -0.2) is 10.1 Å². The molecule has 2 nitrogen and oxygen atoms in total. The SMILES string of the molecule is CC(C)c1c(Cl)cnc2cc(O)ccc12. The van der Waals surface area contributed by atoms with Crippen LogP contribution in [0.5, 0.6) is 5.75 Å². The summed E-state index contributed by atoms with van der Waals surface area (Å²) in [6.07, 6.45) is 1.64. The van der Waals surface area contributed by atoms with Gasteiger partial charge in [-0.15, -0.1) is 0 Å². The van der Waals surface area contributed by atoms with Crippen molar-refractivity contribution in [2.24, 2.45) is 0 Å². The van der Waals surface area contributed by atoms with Gasteiger partial charge in [-0.2, -0.15) is 0 Å². The van der Waals surface area contributed by atoms with Crippen LogP contribution >= 0.6 is 11.6 Å². The maximum absolute atomic E-state index is 9.36. The fraction of sp³-hybridized carbons (Fsp3) is 0.250. The molecule has 2 rings (SSSR count). The van der Waals surface area contributed by atoms with Crippen molar-refractivity contribution in [2.45, 2.75) is 19.8 Å². The number of aromatic hydroxyl groups is 1. The van der Waals surface area contributed by atoms with Crippen molar-refractivity contribution >= 4 is 22.5 Å². The zero-order chi connectivity index (χ0) is 11.0. The second-order valence-electron chi connectivity index (χ2n) is 3.88. The molecule has 0 saturated heterocycles. The molecule has 0 saturated carbocycles. The largest absolute Gasteiger partial charge is 0.508 e. The van der Waals surface area contributed by atoms with Gasteiger partial charge in [0.1, 0.15) is 5.75 Å². The van der Waals surface area contributed by atoms with Crippen LogP contribution in [0.3, 0.4) is 0 Å². The third kappa shape index (κ3) is 1.77. The number of aromatic nitrogens is 1. The first kappa shape index (κ1) is 10.2. The van der Waals surface area contributed by atoms with Crippen LogP contribution in [0.2, 0.25) is 5.02 Å². The van der Waals surface area contributed by atoms with Crippen molar-refractivity contribution in [3.8, 4) is 5.75 Å². The molecule has 0 aliphatic carbocycles. The lowest BCUT2D eigenvalue weighted by molar-refractivity contribution is 0.476. The molecular weight excluding hydrogens is 210 g/mol. The fourth-order valence-electron chi connectivity index (χ4n) is 1.77. The van der Waals surface area contributed by atoms with Crippen molar-refractivity contribution in [3.05, 3.63) is 35.0 Å². The van der Waals surface area contributed by atoms with Gasteiger partial charge in [-0.25, -0.2) is 0 Å². The van der Waals surface area contributed by atoms with Crippen molar-refractivity contribution in [2.75, 3.05) is 0 Å². The number of benzene rings is 1. The van der Waals surface area contributed by atoms with Crippen molar-refractivity contribution in [3.63, 3.8) is 0 Å². The highest BCUT2D eigenvalue weighted by Gasteiger charge is 2.10. The first-order valence-corrected chi connectivity index (χ1v) is 5.24. The number of halogens is 1. The quantitative estimate of drug-likeness (QED) is 0.796. The molecule has 1 aromatic heterocycles. The molecule has 15 heavy (non-hydrogen) atoms. The van der Waals surface area contributed by atoms with Gasteiger partial charge in [-0.1, -0.05) is 25.4 Å². The van der Waals surface area contributed by atoms with Gasteiger partial charge >= 0.3 is 0 Å². The minimum atomic E-state index is 0.229. The maximum Gasteiger partial charge on any atom is 0.117 e. The molecule has 1 heterocycles. The van der Waals surface area contributed by atoms with Gasteiger partial charge in [0.05, 0.1) is 10.5 Å². The molecule has 2 aromatic rings. The predicted molar refractivity (Wildman–Crippen MR) is 62.5 cm³/mol. The van der Waals surface area contributed by atoms with Crippen LogP contribution < -0.4 is 0 Å². The lowest BCUT2D eigenvalue weighted by Gasteiger charge is -2.11. The van der Waals surface area contributed by atoms with Gasteiger partial charge in [-0.05, 0) is 23.6 Å². The first-order valence-electron chi connectivity index (χ1n) is 4.86. The Labute approximate surface area is 93.5 Å². The highest BCUT2D eigenvalue weighted by molar-refractivity contribution is 6.32. The average molecular weight is 222 g/mol. The number of phenols is 1. The third-order valence-corrected chi connectivity index (χ3v) is 2.72. The molecule has 0 atom stereocenters. The van der Waals surface area contributed by atoms with Crippen LogP contribution in [0.4, 0.5) is 0 Å². The van der Waals surface area contributed by atoms with E-state index >= 15 is 0 Å². The number of fused-ring (bicyclic) bond motifs is 1. The Morgan fingerprint density at radius 3 is 2.73 bits per heavy atom. The molecule has 0 bridgehead atoms. The molecule has 0 unspecified atom stereocenters. The molecule has 0 amide bonds. The van der Waals surface area contributed by atoms with Gasteiger partial charge in [0.2, 0.25) is 0 Å². The number of phenolic OH excluding ortho intramolecular Hbond substituents is 1. The fourth-order valence-corrected chi connectivity index (χ4v) is 2.13. The van der Waals surface area contributed by atoms with E-state index < -0.39 is 0 Å². The zero-order valence-corrected chi connectivity index (χ0v) is 9.42. The number of rotatable bonds is 1. The van der Waals surface area contributed by atoms with E-state index in [1.165, 1.54) is 0 Å². The van der Waals surface area contributed by atoms with Crippen molar-refractivity contribution in [1.82, 2.24) is 4.98 Å². The number of hydrogen-bond acceptors (Lipinski definition) is 2. The molecule has 0 radical (unpaired) electrons. The van der Waals surface area contributed by atoms with E-state index in [-0.39, 0.29) is 5.75 Å². The topological polar surface area (TPSA) is 33.1 Å². The van der Waals surface area contributed by atoms with E-state index in [9.17, 15) is 5.11 Å². The monoisotopic (exact) mass is 221 g/mol. The van der Waals surface area contributed by atoms with E-state index in [1.807, 2.05) is 6.07 Å². The van der Waals surface area contributed by atoms with Crippen LogP contribution in [-0.2, 0) is 0 Å². The summed E-state index contributed by atoms with van der Waals surface area (Å²) < 4.78 is 0. The van der Waals surface area contributed by atoms with Crippen molar-refractivity contribution < 1.29 is 5.11 Å². The highest BCUT2D eigenvalue weighted by Crippen LogP contribution is 2.31.